The first-order valence-electron chi connectivity index (χ1n) is 2.55. The lowest BCUT2D eigenvalue weighted by molar-refractivity contribution is -0.113. The van der Waals surface area contributed by atoms with Crippen LogP contribution in [0.2, 0.25) is 0 Å². The Labute approximate surface area is 47.9 Å². The SMILES string of the molecule is CC1C=CC(=O)N=C1. The fourth-order valence-electron chi connectivity index (χ4n) is 0.518. The molecule has 0 saturated heterocycles. The van der Waals surface area contributed by atoms with E-state index in [9.17, 15) is 4.79 Å². The Kier molecular flexibility index (Phi) is 1.24. The topological polar surface area (TPSA) is 29.4 Å². The summed E-state index contributed by atoms with van der Waals surface area (Å²) in [7, 11) is 0. The maximum atomic E-state index is 10.3. The van der Waals surface area contributed by atoms with Gasteiger partial charge < -0.3 is 0 Å². The molecular weight excluding hydrogens is 102 g/mol. The van der Waals surface area contributed by atoms with Crippen molar-refractivity contribution in [2.75, 3.05) is 0 Å². The van der Waals surface area contributed by atoms with Crippen molar-refractivity contribution < 1.29 is 4.79 Å². The standard InChI is InChI=1S/C6H7NO/c1-5-2-3-6(8)7-4-5/h2-5H,1H3. The van der Waals surface area contributed by atoms with E-state index in [2.05, 4.69) is 4.99 Å². The van der Waals surface area contributed by atoms with Crippen molar-refractivity contribution in [2.45, 2.75) is 6.92 Å². The lowest BCUT2D eigenvalue weighted by atomic mass is 10.1. The predicted octanol–water partition coefficient (Wildman–Crippen LogP) is 0.790. The zero-order valence-corrected chi connectivity index (χ0v) is 4.66. The third-order valence-corrected chi connectivity index (χ3v) is 0.979. The Morgan fingerprint density at radius 3 is 2.88 bits per heavy atom. The van der Waals surface area contributed by atoms with Gasteiger partial charge in [0.2, 0.25) is 0 Å². The van der Waals surface area contributed by atoms with Gasteiger partial charge in [-0.3, -0.25) is 4.79 Å². The van der Waals surface area contributed by atoms with E-state index in [1.807, 2.05) is 13.0 Å². The van der Waals surface area contributed by atoms with Crippen LogP contribution < -0.4 is 0 Å². The van der Waals surface area contributed by atoms with Crippen molar-refractivity contribution in [3.8, 4) is 0 Å². The summed E-state index contributed by atoms with van der Waals surface area (Å²) in [6.07, 6.45) is 4.96. The molecule has 0 aromatic carbocycles. The van der Waals surface area contributed by atoms with Crippen molar-refractivity contribution >= 4 is 12.1 Å². The summed E-state index contributed by atoms with van der Waals surface area (Å²) in [5, 5.41) is 0. The van der Waals surface area contributed by atoms with Crippen LogP contribution in [0.1, 0.15) is 6.92 Å². The van der Waals surface area contributed by atoms with Crippen LogP contribution in [0.4, 0.5) is 0 Å². The first-order valence-corrected chi connectivity index (χ1v) is 2.55. The largest absolute Gasteiger partial charge is 0.269 e. The molecule has 0 aromatic rings. The van der Waals surface area contributed by atoms with Crippen LogP contribution >= 0.6 is 0 Å². The van der Waals surface area contributed by atoms with Crippen LogP contribution in [0.5, 0.6) is 0 Å². The Morgan fingerprint density at radius 1 is 1.75 bits per heavy atom. The minimum atomic E-state index is -0.150. The van der Waals surface area contributed by atoms with Gasteiger partial charge in [0.1, 0.15) is 0 Å². The van der Waals surface area contributed by atoms with Gasteiger partial charge in [-0.25, -0.2) is 4.99 Å². The summed E-state index contributed by atoms with van der Waals surface area (Å²) in [6.45, 7) is 1.98. The molecular formula is C6H7NO. The Hall–Kier alpha value is -0.920. The summed E-state index contributed by atoms with van der Waals surface area (Å²) in [4.78, 5) is 13.9. The Balaban J connectivity index is 2.68. The summed E-state index contributed by atoms with van der Waals surface area (Å²) in [5.41, 5.74) is 0. The van der Waals surface area contributed by atoms with Crippen LogP contribution in [0, 0.1) is 5.92 Å². The fraction of sp³-hybridized carbons (Fsp3) is 0.333. The van der Waals surface area contributed by atoms with Gasteiger partial charge in [-0.05, 0) is 0 Å². The van der Waals surface area contributed by atoms with Crippen molar-refractivity contribution in [1.82, 2.24) is 0 Å². The zero-order chi connectivity index (χ0) is 5.98. The van der Waals surface area contributed by atoms with Gasteiger partial charge in [0.05, 0.1) is 0 Å². The Bertz CT molecular complexity index is 142. The maximum Gasteiger partial charge on any atom is 0.269 e. The predicted molar refractivity (Wildman–Crippen MR) is 31.8 cm³/mol. The van der Waals surface area contributed by atoms with Crippen molar-refractivity contribution in [1.29, 1.82) is 0 Å². The van der Waals surface area contributed by atoms with E-state index < -0.39 is 0 Å². The highest BCUT2D eigenvalue weighted by Gasteiger charge is 1.99. The summed E-state index contributed by atoms with van der Waals surface area (Å²) >= 11 is 0. The molecule has 0 spiro atoms. The van der Waals surface area contributed by atoms with Gasteiger partial charge in [0.15, 0.2) is 0 Å². The quantitative estimate of drug-likeness (QED) is 0.452. The molecule has 1 heterocycles. The van der Waals surface area contributed by atoms with E-state index in [0.29, 0.717) is 5.92 Å². The van der Waals surface area contributed by atoms with Crippen LogP contribution in [0.3, 0.4) is 0 Å². The minimum Gasteiger partial charge on any atom is -0.268 e. The first kappa shape index (κ1) is 5.22. The molecule has 0 aromatic heterocycles. The van der Waals surface area contributed by atoms with E-state index in [4.69, 9.17) is 0 Å². The van der Waals surface area contributed by atoms with Crippen LogP contribution in [-0.2, 0) is 4.79 Å². The van der Waals surface area contributed by atoms with E-state index >= 15 is 0 Å². The van der Waals surface area contributed by atoms with E-state index in [1.54, 1.807) is 6.21 Å². The van der Waals surface area contributed by atoms with Crippen LogP contribution in [0.25, 0.3) is 0 Å². The molecule has 1 aliphatic heterocycles. The monoisotopic (exact) mass is 109 g/mol. The number of aliphatic imine (C=N–C) groups is 1. The molecule has 1 aliphatic rings. The molecule has 0 radical (unpaired) electrons. The number of allylic oxidation sites excluding steroid dienone is 1. The number of carbonyl (C=O) groups excluding carboxylic acids is 1. The van der Waals surface area contributed by atoms with Gasteiger partial charge in [0.25, 0.3) is 5.91 Å². The highest BCUT2D eigenvalue weighted by Crippen LogP contribution is 1.98. The molecule has 1 unspecified atom stereocenters. The third-order valence-electron chi connectivity index (χ3n) is 0.979. The maximum absolute atomic E-state index is 10.3. The number of hydrogen-bond acceptors (Lipinski definition) is 1. The molecule has 1 rings (SSSR count). The number of hydrogen-bond donors (Lipinski definition) is 0. The normalized spacial score (nSPS) is 26.6. The number of nitrogens with zero attached hydrogens (tertiary/aromatic N) is 1. The Morgan fingerprint density at radius 2 is 2.50 bits per heavy atom. The van der Waals surface area contributed by atoms with Crippen molar-refractivity contribution in [3.63, 3.8) is 0 Å². The molecule has 0 aliphatic carbocycles. The highest BCUT2D eigenvalue weighted by atomic mass is 16.1. The molecule has 42 valence electrons. The average Bonchev–Trinajstić information content (AvgIpc) is 1.77. The second-order valence-corrected chi connectivity index (χ2v) is 1.83. The second-order valence-electron chi connectivity index (χ2n) is 1.83. The number of dihydropyridines is 1. The molecule has 0 bridgehead atoms. The molecule has 2 nitrogen and oxygen atoms in total. The van der Waals surface area contributed by atoms with Gasteiger partial charge >= 0.3 is 0 Å². The molecule has 0 N–H and O–H groups in total. The summed E-state index contributed by atoms with van der Waals surface area (Å²) in [6, 6.07) is 0. The zero-order valence-electron chi connectivity index (χ0n) is 4.66. The number of carbonyl (C=O) groups is 1. The van der Waals surface area contributed by atoms with Gasteiger partial charge in [-0.2, -0.15) is 0 Å². The van der Waals surface area contributed by atoms with E-state index in [0.717, 1.165) is 0 Å². The van der Waals surface area contributed by atoms with E-state index in [-0.39, 0.29) is 5.91 Å². The fourth-order valence-corrected chi connectivity index (χ4v) is 0.518. The molecule has 1 amide bonds. The average molecular weight is 109 g/mol. The van der Waals surface area contributed by atoms with Crippen LogP contribution in [0.15, 0.2) is 17.1 Å². The third kappa shape index (κ3) is 1.03. The highest BCUT2D eigenvalue weighted by molar-refractivity contribution is 5.96. The first-order chi connectivity index (χ1) is 3.79. The number of rotatable bonds is 0. The second kappa shape index (κ2) is 1.90. The van der Waals surface area contributed by atoms with Gasteiger partial charge in [-0.15, -0.1) is 0 Å². The van der Waals surface area contributed by atoms with E-state index in [1.165, 1.54) is 6.08 Å². The van der Waals surface area contributed by atoms with Crippen molar-refractivity contribution in [3.05, 3.63) is 12.2 Å². The molecule has 0 fully saturated rings. The van der Waals surface area contributed by atoms with Gasteiger partial charge in [0, 0.05) is 18.2 Å². The van der Waals surface area contributed by atoms with Crippen LogP contribution in [-0.4, -0.2) is 12.1 Å². The molecule has 1 atom stereocenters. The molecule has 0 saturated carbocycles. The molecule has 8 heavy (non-hydrogen) atoms. The van der Waals surface area contributed by atoms with Gasteiger partial charge in [-0.1, -0.05) is 13.0 Å². The minimum absolute atomic E-state index is 0.150. The lowest BCUT2D eigenvalue weighted by Crippen LogP contribution is -2.01. The summed E-state index contributed by atoms with van der Waals surface area (Å²) < 4.78 is 0. The summed E-state index contributed by atoms with van der Waals surface area (Å²) in [5.74, 6) is 0.177. The van der Waals surface area contributed by atoms with Crippen molar-refractivity contribution in [2.24, 2.45) is 10.9 Å². The molecule has 2 heteroatoms. The lowest BCUT2D eigenvalue weighted by Gasteiger charge is -1.98. The smallest absolute Gasteiger partial charge is 0.268 e. The number of amides is 1.